The molecule has 0 spiro atoms. The normalized spacial score (nSPS) is 15.8. The van der Waals surface area contributed by atoms with Crippen LogP contribution in [0, 0.1) is 12.8 Å². The summed E-state index contributed by atoms with van der Waals surface area (Å²) < 4.78 is 6.60. The quantitative estimate of drug-likeness (QED) is 0.630. The van der Waals surface area contributed by atoms with Crippen LogP contribution in [0.1, 0.15) is 35.9 Å². The first-order chi connectivity index (χ1) is 15.3. The minimum Gasteiger partial charge on any atom is -0.466 e. The molecule has 0 aliphatic carbocycles. The van der Waals surface area contributed by atoms with Gasteiger partial charge in [-0.25, -0.2) is 4.68 Å². The van der Waals surface area contributed by atoms with Gasteiger partial charge in [0.05, 0.1) is 24.8 Å². The minimum absolute atomic E-state index is 0.214. The molecule has 2 amide bonds. The lowest BCUT2D eigenvalue weighted by atomic mass is 9.98. The van der Waals surface area contributed by atoms with Crippen molar-refractivity contribution in [1.29, 1.82) is 0 Å². The number of hydrogen-bond acceptors (Lipinski definition) is 6. The molecule has 9 nitrogen and oxygen atoms in total. The van der Waals surface area contributed by atoms with E-state index in [9.17, 15) is 19.2 Å². The predicted octanol–water partition coefficient (Wildman–Crippen LogP) is 1.41. The summed E-state index contributed by atoms with van der Waals surface area (Å²) in [5.74, 6) is -1.58. The van der Waals surface area contributed by atoms with Crippen molar-refractivity contribution in [2.75, 3.05) is 33.3 Å². The zero-order chi connectivity index (χ0) is 23.3. The molecule has 1 unspecified atom stereocenters. The van der Waals surface area contributed by atoms with Crippen LogP contribution in [-0.2, 0) is 14.3 Å². The van der Waals surface area contributed by atoms with Gasteiger partial charge in [-0.05, 0) is 38.8 Å². The highest BCUT2D eigenvalue weighted by Crippen LogP contribution is 2.18. The van der Waals surface area contributed by atoms with Gasteiger partial charge in [-0.1, -0.05) is 18.2 Å². The fraction of sp³-hybridized carbons (Fsp3) is 0.435. The van der Waals surface area contributed by atoms with E-state index in [0.717, 1.165) is 5.69 Å². The molecular formula is C23H28N4O5. The number of likely N-dealkylation sites (tertiary alicyclic amines) is 1. The van der Waals surface area contributed by atoms with E-state index in [4.69, 9.17) is 4.74 Å². The molecule has 9 heteroatoms. The monoisotopic (exact) mass is 440 g/mol. The Kier molecular flexibility index (Phi) is 7.40. The van der Waals surface area contributed by atoms with Gasteiger partial charge >= 0.3 is 5.97 Å². The summed E-state index contributed by atoms with van der Waals surface area (Å²) in [4.78, 5) is 53.0. The third-order valence-electron chi connectivity index (χ3n) is 5.42. The van der Waals surface area contributed by atoms with E-state index in [1.54, 1.807) is 18.7 Å². The number of carbonyl (C=O) groups is 3. The maximum absolute atomic E-state index is 12.9. The van der Waals surface area contributed by atoms with Gasteiger partial charge in [-0.2, -0.15) is 5.10 Å². The molecule has 2 heterocycles. The first-order valence-electron chi connectivity index (χ1n) is 10.7. The van der Waals surface area contributed by atoms with Crippen LogP contribution in [0.5, 0.6) is 0 Å². The molecule has 0 radical (unpaired) electrons. The number of para-hydroxylation sites is 1. The van der Waals surface area contributed by atoms with E-state index < -0.39 is 11.3 Å². The number of ether oxygens (including phenoxy) is 1. The Labute approximate surface area is 186 Å². The molecule has 3 rings (SSSR count). The van der Waals surface area contributed by atoms with Gasteiger partial charge < -0.3 is 14.5 Å². The molecule has 2 aromatic rings. The Balaban J connectivity index is 1.72. The highest BCUT2D eigenvalue weighted by atomic mass is 16.5. The number of rotatable bonds is 6. The van der Waals surface area contributed by atoms with Crippen molar-refractivity contribution in [3.8, 4) is 5.69 Å². The number of carbonyl (C=O) groups excluding carboxylic acids is 3. The summed E-state index contributed by atoms with van der Waals surface area (Å²) in [7, 11) is 1.46. The largest absolute Gasteiger partial charge is 0.466 e. The summed E-state index contributed by atoms with van der Waals surface area (Å²) in [5.41, 5.74) is 0.558. The lowest BCUT2D eigenvalue weighted by Gasteiger charge is -2.32. The molecule has 170 valence electrons. The van der Waals surface area contributed by atoms with Crippen molar-refractivity contribution in [1.82, 2.24) is 19.6 Å². The fourth-order valence-electron chi connectivity index (χ4n) is 3.74. The number of piperidine rings is 1. The maximum Gasteiger partial charge on any atom is 0.310 e. The summed E-state index contributed by atoms with van der Waals surface area (Å²) in [6.07, 6.45) is 1.36. The van der Waals surface area contributed by atoms with Crippen LogP contribution >= 0.6 is 0 Å². The van der Waals surface area contributed by atoms with Crippen molar-refractivity contribution in [3.05, 3.63) is 58.0 Å². The van der Waals surface area contributed by atoms with Gasteiger partial charge in [0.1, 0.15) is 0 Å². The second-order valence-corrected chi connectivity index (χ2v) is 7.84. The maximum atomic E-state index is 12.9. The molecule has 1 atom stereocenters. The summed E-state index contributed by atoms with van der Waals surface area (Å²) in [6, 6.07) is 10.5. The van der Waals surface area contributed by atoms with E-state index in [1.165, 1.54) is 22.7 Å². The van der Waals surface area contributed by atoms with Crippen molar-refractivity contribution < 1.29 is 19.1 Å². The summed E-state index contributed by atoms with van der Waals surface area (Å²) >= 11 is 0. The molecule has 1 aliphatic rings. The smallest absolute Gasteiger partial charge is 0.310 e. The van der Waals surface area contributed by atoms with Gasteiger partial charge in [-0.3, -0.25) is 19.2 Å². The standard InChI is InChI=1S/C23H28N4O5/c1-4-32-23(31)17-9-8-12-26(14-17)20(29)15-25(3)22(30)21-19(28)13-16(2)27(24-21)18-10-6-5-7-11-18/h5-7,10-11,13,17H,4,8-9,12,14-15H2,1-3H3. The first kappa shape index (κ1) is 23.2. The van der Waals surface area contributed by atoms with Gasteiger partial charge in [0, 0.05) is 31.9 Å². The molecule has 1 aromatic carbocycles. The number of aromatic nitrogens is 2. The van der Waals surface area contributed by atoms with Crippen LogP contribution in [0.25, 0.3) is 5.69 Å². The number of nitrogens with zero attached hydrogens (tertiary/aromatic N) is 4. The van der Waals surface area contributed by atoms with Gasteiger partial charge in [0.15, 0.2) is 5.69 Å². The second-order valence-electron chi connectivity index (χ2n) is 7.84. The molecule has 1 aliphatic heterocycles. The number of aryl methyl sites for hydroxylation is 1. The van der Waals surface area contributed by atoms with Gasteiger partial charge in [-0.15, -0.1) is 0 Å². The molecule has 32 heavy (non-hydrogen) atoms. The highest BCUT2D eigenvalue weighted by Gasteiger charge is 2.30. The third-order valence-corrected chi connectivity index (χ3v) is 5.42. The molecule has 0 N–H and O–H groups in total. The Morgan fingerprint density at radius 3 is 2.62 bits per heavy atom. The molecule has 0 bridgehead atoms. The summed E-state index contributed by atoms with van der Waals surface area (Å²) in [5, 5.41) is 4.27. The fourth-order valence-corrected chi connectivity index (χ4v) is 3.74. The lowest BCUT2D eigenvalue weighted by Crippen LogP contribution is -2.47. The Bertz CT molecular complexity index is 1050. The molecule has 1 saturated heterocycles. The Morgan fingerprint density at radius 2 is 1.94 bits per heavy atom. The van der Waals surface area contributed by atoms with Crippen molar-refractivity contribution >= 4 is 17.8 Å². The Hall–Kier alpha value is -3.49. The molecule has 1 fully saturated rings. The second kappa shape index (κ2) is 10.2. The van der Waals surface area contributed by atoms with Crippen LogP contribution in [0.15, 0.2) is 41.2 Å². The zero-order valence-corrected chi connectivity index (χ0v) is 18.6. The minimum atomic E-state index is -0.632. The first-order valence-corrected chi connectivity index (χ1v) is 10.7. The highest BCUT2D eigenvalue weighted by molar-refractivity contribution is 5.94. The van der Waals surface area contributed by atoms with Crippen molar-refractivity contribution in [2.24, 2.45) is 5.92 Å². The Morgan fingerprint density at radius 1 is 1.22 bits per heavy atom. The van der Waals surface area contributed by atoms with Crippen LogP contribution in [0.4, 0.5) is 0 Å². The predicted molar refractivity (Wildman–Crippen MR) is 117 cm³/mol. The van der Waals surface area contributed by atoms with Crippen LogP contribution in [0.2, 0.25) is 0 Å². The lowest BCUT2D eigenvalue weighted by molar-refractivity contribution is -0.151. The SMILES string of the molecule is CCOC(=O)C1CCCN(C(=O)CN(C)C(=O)c2nn(-c3ccccc3)c(C)cc2=O)C1. The third kappa shape index (κ3) is 5.22. The zero-order valence-electron chi connectivity index (χ0n) is 18.6. The average Bonchev–Trinajstić information content (AvgIpc) is 2.79. The van der Waals surface area contributed by atoms with E-state index in [2.05, 4.69) is 5.10 Å². The van der Waals surface area contributed by atoms with Crippen molar-refractivity contribution in [3.63, 3.8) is 0 Å². The number of likely N-dealkylation sites (N-methyl/N-ethyl adjacent to an activating group) is 1. The van der Waals surface area contributed by atoms with E-state index in [0.29, 0.717) is 31.7 Å². The van der Waals surface area contributed by atoms with E-state index in [1.807, 2.05) is 30.3 Å². The van der Waals surface area contributed by atoms with Crippen LogP contribution in [-0.4, -0.2) is 70.7 Å². The van der Waals surface area contributed by atoms with Crippen LogP contribution in [0.3, 0.4) is 0 Å². The average molecular weight is 441 g/mol. The topological polar surface area (TPSA) is 102 Å². The molecule has 0 saturated carbocycles. The van der Waals surface area contributed by atoms with Gasteiger partial charge in [0.25, 0.3) is 5.91 Å². The summed E-state index contributed by atoms with van der Waals surface area (Å²) in [6.45, 7) is 4.34. The van der Waals surface area contributed by atoms with Crippen molar-refractivity contribution in [2.45, 2.75) is 26.7 Å². The van der Waals surface area contributed by atoms with Gasteiger partial charge in [0.2, 0.25) is 11.3 Å². The molecular weight excluding hydrogens is 412 g/mol. The molecule has 1 aromatic heterocycles. The number of esters is 1. The number of benzene rings is 1. The van der Waals surface area contributed by atoms with Crippen LogP contribution < -0.4 is 5.43 Å². The van der Waals surface area contributed by atoms with E-state index in [-0.39, 0.29) is 36.6 Å². The number of hydrogen-bond donors (Lipinski definition) is 0. The van der Waals surface area contributed by atoms with E-state index >= 15 is 0 Å². The number of amides is 2.